The van der Waals surface area contributed by atoms with Crippen LogP contribution in [0, 0.1) is 5.92 Å². The first-order valence-corrected chi connectivity index (χ1v) is 7.19. The van der Waals surface area contributed by atoms with Gasteiger partial charge in [-0.05, 0) is 39.5 Å². The van der Waals surface area contributed by atoms with E-state index in [0.717, 1.165) is 4.90 Å². The zero-order chi connectivity index (χ0) is 15.5. The van der Waals surface area contributed by atoms with Crippen LogP contribution < -0.4 is 0 Å². The van der Waals surface area contributed by atoms with Crippen molar-refractivity contribution in [1.29, 1.82) is 0 Å². The highest BCUT2D eigenvalue weighted by molar-refractivity contribution is 6.01. The van der Waals surface area contributed by atoms with Crippen molar-refractivity contribution < 1.29 is 19.1 Å². The standard InChI is InChI=1S/C15H25NO4/c1-10(2)9-11(14(19)20-15(3,4)5)16-12(17)7-6-8-13(16)18/h10-11H,6-9H2,1-5H3/t11-/m0/s1. The lowest BCUT2D eigenvalue weighted by Crippen LogP contribution is -2.52. The van der Waals surface area contributed by atoms with Gasteiger partial charge in [-0.3, -0.25) is 14.5 Å². The Labute approximate surface area is 120 Å². The lowest BCUT2D eigenvalue weighted by Gasteiger charge is -2.34. The fourth-order valence-corrected chi connectivity index (χ4v) is 2.24. The molecule has 0 unspecified atom stereocenters. The lowest BCUT2D eigenvalue weighted by atomic mass is 9.98. The lowest BCUT2D eigenvalue weighted by molar-refractivity contribution is -0.170. The molecule has 1 aliphatic rings. The van der Waals surface area contributed by atoms with Crippen LogP contribution in [0.15, 0.2) is 0 Å². The van der Waals surface area contributed by atoms with Gasteiger partial charge in [0, 0.05) is 12.8 Å². The molecule has 1 saturated heterocycles. The Bertz CT molecular complexity index is 379. The Morgan fingerprint density at radius 2 is 1.70 bits per heavy atom. The van der Waals surface area contributed by atoms with Gasteiger partial charge in [0.1, 0.15) is 11.6 Å². The number of carbonyl (C=O) groups is 3. The van der Waals surface area contributed by atoms with Crippen molar-refractivity contribution in [2.45, 2.75) is 71.9 Å². The minimum atomic E-state index is -0.797. The molecule has 0 aliphatic carbocycles. The normalized spacial score (nSPS) is 18.4. The number of ether oxygens (including phenoxy) is 1. The van der Waals surface area contributed by atoms with Crippen molar-refractivity contribution in [3.05, 3.63) is 0 Å². The van der Waals surface area contributed by atoms with Crippen LogP contribution >= 0.6 is 0 Å². The SMILES string of the molecule is CC(C)C[C@@H](C(=O)OC(C)(C)C)N1C(=O)CCCC1=O. The van der Waals surface area contributed by atoms with Crippen molar-refractivity contribution >= 4 is 17.8 Å². The second-order valence-corrected chi connectivity index (χ2v) is 6.69. The van der Waals surface area contributed by atoms with Gasteiger partial charge < -0.3 is 4.74 Å². The molecule has 0 aromatic rings. The van der Waals surface area contributed by atoms with Crippen LogP contribution in [0.1, 0.15) is 60.3 Å². The molecule has 5 nitrogen and oxygen atoms in total. The molecule has 0 radical (unpaired) electrons. The second-order valence-electron chi connectivity index (χ2n) is 6.69. The number of nitrogens with zero attached hydrogens (tertiary/aromatic N) is 1. The molecule has 0 N–H and O–H groups in total. The van der Waals surface area contributed by atoms with Crippen LogP contribution in [0.25, 0.3) is 0 Å². The predicted octanol–water partition coefficient (Wildman–Crippen LogP) is 2.28. The second kappa shape index (κ2) is 6.37. The number of carbonyl (C=O) groups excluding carboxylic acids is 3. The van der Waals surface area contributed by atoms with Gasteiger partial charge in [0.05, 0.1) is 0 Å². The minimum absolute atomic E-state index is 0.190. The number of hydrogen-bond acceptors (Lipinski definition) is 4. The van der Waals surface area contributed by atoms with Gasteiger partial charge in [-0.25, -0.2) is 4.79 Å². The highest BCUT2D eigenvalue weighted by atomic mass is 16.6. The first-order valence-electron chi connectivity index (χ1n) is 7.19. The molecule has 0 spiro atoms. The highest BCUT2D eigenvalue weighted by Crippen LogP contribution is 2.22. The van der Waals surface area contributed by atoms with Gasteiger partial charge in [-0.15, -0.1) is 0 Å². The summed E-state index contributed by atoms with van der Waals surface area (Å²) in [5.74, 6) is -0.833. The summed E-state index contributed by atoms with van der Waals surface area (Å²) in [7, 11) is 0. The summed E-state index contributed by atoms with van der Waals surface area (Å²) in [6.07, 6.45) is 1.65. The molecule has 1 aliphatic heterocycles. The monoisotopic (exact) mass is 283 g/mol. The molecule has 114 valence electrons. The van der Waals surface area contributed by atoms with E-state index in [9.17, 15) is 14.4 Å². The van der Waals surface area contributed by atoms with Crippen LogP contribution in [-0.2, 0) is 19.1 Å². The first kappa shape index (κ1) is 16.7. The zero-order valence-corrected chi connectivity index (χ0v) is 13.1. The van der Waals surface area contributed by atoms with E-state index in [-0.39, 0.29) is 17.7 Å². The third-order valence-electron chi connectivity index (χ3n) is 3.00. The number of hydrogen-bond donors (Lipinski definition) is 0. The average molecular weight is 283 g/mol. The molecule has 5 heteroatoms. The zero-order valence-electron chi connectivity index (χ0n) is 13.1. The van der Waals surface area contributed by atoms with E-state index in [4.69, 9.17) is 4.74 Å². The molecule has 1 fully saturated rings. The van der Waals surface area contributed by atoms with Crippen LogP contribution in [0.3, 0.4) is 0 Å². The Morgan fingerprint density at radius 1 is 1.20 bits per heavy atom. The Hall–Kier alpha value is -1.39. The Morgan fingerprint density at radius 3 is 2.10 bits per heavy atom. The van der Waals surface area contributed by atoms with Crippen molar-refractivity contribution in [3.63, 3.8) is 0 Å². The van der Waals surface area contributed by atoms with E-state index in [0.29, 0.717) is 25.7 Å². The van der Waals surface area contributed by atoms with Crippen molar-refractivity contribution in [2.75, 3.05) is 0 Å². The topological polar surface area (TPSA) is 63.7 Å². The van der Waals surface area contributed by atoms with Gasteiger partial charge >= 0.3 is 5.97 Å². The Balaban J connectivity index is 2.95. The fraction of sp³-hybridized carbons (Fsp3) is 0.800. The smallest absolute Gasteiger partial charge is 0.329 e. The summed E-state index contributed by atoms with van der Waals surface area (Å²) in [5, 5.41) is 0. The molecule has 0 bridgehead atoms. The van der Waals surface area contributed by atoms with Crippen LogP contribution in [-0.4, -0.2) is 34.3 Å². The maximum Gasteiger partial charge on any atom is 0.329 e. The third-order valence-corrected chi connectivity index (χ3v) is 3.00. The van der Waals surface area contributed by atoms with Crippen molar-refractivity contribution in [1.82, 2.24) is 4.90 Å². The van der Waals surface area contributed by atoms with E-state index in [1.807, 2.05) is 13.8 Å². The number of rotatable bonds is 4. The molecular weight excluding hydrogens is 258 g/mol. The Kier molecular flexibility index (Phi) is 5.31. The highest BCUT2D eigenvalue weighted by Gasteiger charge is 2.39. The van der Waals surface area contributed by atoms with Crippen LogP contribution in [0.4, 0.5) is 0 Å². The summed E-state index contributed by atoms with van der Waals surface area (Å²) >= 11 is 0. The van der Waals surface area contributed by atoms with Gasteiger partial charge in [0.2, 0.25) is 11.8 Å². The molecule has 0 saturated carbocycles. The molecular formula is C15H25NO4. The summed E-state index contributed by atoms with van der Waals surface area (Å²) in [5.41, 5.74) is -0.631. The van der Waals surface area contributed by atoms with E-state index in [1.165, 1.54) is 0 Å². The number of piperidine rings is 1. The minimum Gasteiger partial charge on any atom is -0.458 e. The molecule has 20 heavy (non-hydrogen) atoms. The molecule has 0 aromatic heterocycles. The molecule has 0 aromatic carbocycles. The van der Waals surface area contributed by atoms with Crippen molar-refractivity contribution in [2.24, 2.45) is 5.92 Å². The average Bonchev–Trinajstić information content (AvgIpc) is 2.24. The summed E-state index contributed by atoms with van der Waals surface area (Å²) in [6, 6.07) is -0.797. The first-order chi connectivity index (χ1) is 9.11. The number of amides is 2. The maximum absolute atomic E-state index is 12.3. The van der Waals surface area contributed by atoms with E-state index in [1.54, 1.807) is 20.8 Å². The number of imide groups is 1. The van der Waals surface area contributed by atoms with Gasteiger partial charge in [0.15, 0.2) is 0 Å². The van der Waals surface area contributed by atoms with Crippen LogP contribution in [0.2, 0.25) is 0 Å². The summed E-state index contributed by atoms with van der Waals surface area (Å²) in [6.45, 7) is 9.23. The van der Waals surface area contributed by atoms with Crippen LogP contribution in [0.5, 0.6) is 0 Å². The summed E-state index contributed by atoms with van der Waals surface area (Å²) in [4.78, 5) is 37.4. The quantitative estimate of drug-likeness (QED) is 0.586. The number of likely N-dealkylation sites (tertiary alicyclic amines) is 1. The van der Waals surface area contributed by atoms with E-state index < -0.39 is 17.6 Å². The molecule has 1 rings (SSSR count). The largest absolute Gasteiger partial charge is 0.458 e. The van der Waals surface area contributed by atoms with E-state index in [2.05, 4.69) is 0 Å². The molecule has 2 amide bonds. The fourth-order valence-electron chi connectivity index (χ4n) is 2.24. The van der Waals surface area contributed by atoms with E-state index >= 15 is 0 Å². The van der Waals surface area contributed by atoms with Gasteiger partial charge in [-0.1, -0.05) is 13.8 Å². The van der Waals surface area contributed by atoms with Crippen molar-refractivity contribution in [3.8, 4) is 0 Å². The van der Waals surface area contributed by atoms with Gasteiger partial charge in [0.25, 0.3) is 0 Å². The maximum atomic E-state index is 12.3. The predicted molar refractivity (Wildman–Crippen MR) is 74.8 cm³/mol. The van der Waals surface area contributed by atoms with Gasteiger partial charge in [-0.2, -0.15) is 0 Å². The third kappa shape index (κ3) is 4.62. The number of esters is 1. The summed E-state index contributed by atoms with van der Waals surface area (Å²) < 4.78 is 5.37. The molecule has 1 heterocycles. The molecule has 1 atom stereocenters.